The van der Waals surface area contributed by atoms with Crippen molar-refractivity contribution in [3.8, 4) is 16.8 Å². The monoisotopic (exact) mass is 632 g/mol. The summed E-state index contributed by atoms with van der Waals surface area (Å²) in [5.74, 6) is 0. The van der Waals surface area contributed by atoms with E-state index in [1.165, 1.54) is 72.1 Å². The second-order valence-corrected chi connectivity index (χ2v) is 14.0. The Morgan fingerprint density at radius 3 is 1.98 bits per heavy atom. The van der Waals surface area contributed by atoms with Crippen molar-refractivity contribution in [2.75, 3.05) is 4.90 Å². The minimum atomic E-state index is -0.0421. The standard InChI is InChI=1S/C45H36N4/c1-45(2)38-17-9-6-14-34(38)35-25-22-30(26-39(35)45)31-27-40-44(46-28-31)49(32-12-4-3-5-13-32)43(47-40)29-20-23-33(24-21-29)48-41-18-10-7-15-36(41)37-16-8-11-19-42(37)48/h3-28,43-44,46-47H,1-2H3. The first-order valence-electron chi connectivity index (χ1n) is 17.2. The molecule has 2 unspecified atom stereocenters. The third-order valence-corrected chi connectivity index (χ3v) is 10.9. The summed E-state index contributed by atoms with van der Waals surface area (Å²) in [5.41, 5.74) is 15.0. The number of hydrogen-bond acceptors (Lipinski definition) is 3. The minimum Gasteiger partial charge on any atom is -0.366 e. The zero-order chi connectivity index (χ0) is 32.7. The molecule has 0 saturated carbocycles. The first-order valence-corrected chi connectivity index (χ1v) is 17.2. The van der Waals surface area contributed by atoms with Gasteiger partial charge in [-0.3, -0.25) is 0 Å². The summed E-state index contributed by atoms with van der Waals surface area (Å²) in [7, 11) is 0. The molecule has 3 aliphatic rings. The second kappa shape index (κ2) is 10.5. The van der Waals surface area contributed by atoms with Crippen molar-refractivity contribution in [3.63, 3.8) is 0 Å². The fourth-order valence-electron chi connectivity index (χ4n) is 8.47. The number of nitrogens with one attached hydrogen (secondary N) is 2. The smallest absolute Gasteiger partial charge is 0.142 e. The zero-order valence-corrected chi connectivity index (χ0v) is 27.6. The summed E-state index contributed by atoms with van der Waals surface area (Å²) in [4.78, 5) is 2.46. The molecule has 6 aromatic carbocycles. The van der Waals surface area contributed by atoms with Crippen LogP contribution in [0.5, 0.6) is 0 Å². The molecule has 1 fully saturated rings. The molecule has 0 spiro atoms. The van der Waals surface area contributed by atoms with Gasteiger partial charge in [0.25, 0.3) is 0 Å². The third-order valence-electron chi connectivity index (χ3n) is 10.9. The molecule has 49 heavy (non-hydrogen) atoms. The van der Waals surface area contributed by atoms with Crippen LogP contribution in [0.2, 0.25) is 0 Å². The van der Waals surface area contributed by atoms with E-state index in [4.69, 9.17) is 0 Å². The number of benzene rings is 6. The van der Waals surface area contributed by atoms with Crippen LogP contribution in [0.3, 0.4) is 0 Å². The van der Waals surface area contributed by atoms with Crippen molar-refractivity contribution in [2.24, 2.45) is 0 Å². The molecule has 2 atom stereocenters. The van der Waals surface area contributed by atoms with Crippen LogP contribution in [0.4, 0.5) is 5.69 Å². The highest BCUT2D eigenvalue weighted by molar-refractivity contribution is 6.09. The molecule has 7 aromatic rings. The van der Waals surface area contributed by atoms with Gasteiger partial charge in [-0.25, -0.2) is 0 Å². The number of rotatable bonds is 4. The Bertz CT molecular complexity index is 2430. The van der Waals surface area contributed by atoms with Crippen LogP contribution in [0.1, 0.15) is 42.3 Å². The summed E-state index contributed by atoms with van der Waals surface area (Å²) in [5, 5.41) is 10.3. The molecule has 2 N–H and O–H groups in total. The summed E-state index contributed by atoms with van der Waals surface area (Å²) in [6, 6.07) is 53.0. The Morgan fingerprint density at radius 1 is 0.571 bits per heavy atom. The normalized spacial score (nSPS) is 18.7. The Balaban J connectivity index is 1.01. The lowest BCUT2D eigenvalue weighted by atomic mass is 9.81. The molecular formula is C45H36N4. The lowest BCUT2D eigenvalue weighted by Crippen LogP contribution is -2.42. The Kier molecular flexibility index (Phi) is 6.01. The maximum Gasteiger partial charge on any atom is 0.142 e. The van der Waals surface area contributed by atoms with Crippen molar-refractivity contribution in [2.45, 2.75) is 31.6 Å². The largest absolute Gasteiger partial charge is 0.366 e. The van der Waals surface area contributed by atoms with Crippen LogP contribution in [0, 0.1) is 0 Å². The molecule has 4 heteroatoms. The predicted molar refractivity (Wildman–Crippen MR) is 203 cm³/mol. The summed E-state index contributed by atoms with van der Waals surface area (Å²) < 4.78 is 2.38. The van der Waals surface area contributed by atoms with Crippen molar-refractivity contribution in [1.82, 2.24) is 15.2 Å². The van der Waals surface area contributed by atoms with E-state index >= 15 is 0 Å². The van der Waals surface area contributed by atoms with Gasteiger partial charge in [-0.05, 0) is 87.5 Å². The number of hydrogen-bond donors (Lipinski definition) is 2. The van der Waals surface area contributed by atoms with Crippen LogP contribution in [0.15, 0.2) is 164 Å². The molecule has 3 heterocycles. The number of dihydropyridines is 1. The van der Waals surface area contributed by atoms with E-state index in [1.54, 1.807) is 0 Å². The fourth-order valence-corrected chi connectivity index (χ4v) is 8.47. The molecule has 1 aliphatic carbocycles. The van der Waals surface area contributed by atoms with Crippen LogP contribution in [-0.2, 0) is 5.41 Å². The number of nitrogens with zero attached hydrogens (tertiary/aromatic N) is 2. The SMILES string of the molecule is CC1(C)c2ccccc2-c2ccc(C3=CNC4C(=C3)NC(c3ccc(-n5c6ccccc6c6ccccc65)cc3)N4c3ccccc3)cc21. The highest BCUT2D eigenvalue weighted by Crippen LogP contribution is 2.49. The first kappa shape index (κ1) is 28.1. The highest BCUT2D eigenvalue weighted by atomic mass is 15.4. The molecule has 0 bridgehead atoms. The van der Waals surface area contributed by atoms with E-state index in [2.05, 4.69) is 192 Å². The average Bonchev–Trinajstić information content (AvgIpc) is 3.78. The van der Waals surface area contributed by atoms with Gasteiger partial charge in [0.2, 0.25) is 0 Å². The van der Waals surface area contributed by atoms with Gasteiger partial charge in [-0.1, -0.05) is 117 Å². The number of aromatic nitrogens is 1. The Morgan fingerprint density at radius 2 is 1.22 bits per heavy atom. The fraction of sp³-hybridized carbons (Fsp3) is 0.111. The highest BCUT2D eigenvalue weighted by Gasteiger charge is 2.40. The Hall–Kier alpha value is -6.00. The number of para-hydroxylation sites is 3. The van der Waals surface area contributed by atoms with Gasteiger partial charge in [-0.15, -0.1) is 0 Å². The molecule has 10 rings (SSSR count). The van der Waals surface area contributed by atoms with Crippen molar-refractivity contribution >= 4 is 33.1 Å². The zero-order valence-electron chi connectivity index (χ0n) is 27.6. The first-order chi connectivity index (χ1) is 24.1. The molecule has 1 saturated heterocycles. The van der Waals surface area contributed by atoms with Crippen molar-refractivity contribution in [1.29, 1.82) is 0 Å². The van der Waals surface area contributed by atoms with Crippen LogP contribution in [-0.4, -0.2) is 10.7 Å². The number of anilines is 1. The average molecular weight is 633 g/mol. The van der Waals surface area contributed by atoms with E-state index in [9.17, 15) is 0 Å². The van der Waals surface area contributed by atoms with Crippen LogP contribution >= 0.6 is 0 Å². The van der Waals surface area contributed by atoms with E-state index in [1.807, 2.05) is 0 Å². The van der Waals surface area contributed by atoms with Gasteiger partial charge in [0.1, 0.15) is 12.3 Å². The van der Waals surface area contributed by atoms with Gasteiger partial charge in [0.05, 0.1) is 16.7 Å². The van der Waals surface area contributed by atoms with E-state index in [-0.39, 0.29) is 17.7 Å². The van der Waals surface area contributed by atoms with E-state index in [0.29, 0.717) is 0 Å². The topological polar surface area (TPSA) is 32.2 Å². The molecule has 0 radical (unpaired) electrons. The maximum atomic E-state index is 3.93. The molecule has 236 valence electrons. The second-order valence-electron chi connectivity index (χ2n) is 14.0. The van der Waals surface area contributed by atoms with Gasteiger partial charge < -0.3 is 20.1 Å². The summed E-state index contributed by atoms with van der Waals surface area (Å²) >= 11 is 0. The quantitative estimate of drug-likeness (QED) is 0.203. The van der Waals surface area contributed by atoms with Crippen molar-refractivity contribution < 1.29 is 0 Å². The lowest BCUT2D eigenvalue weighted by molar-refractivity contribution is 0.605. The van der Waals surface area contributed by atoms with E-state index in [0.717, 1.165) is 5.69 Å². The third kappa shape index (κ3) is 4.17. The van der Waals surface area contributed by atoms with E-state index < -0.39 is 0 Å². The number of allylic oxidation sites excluding steroid dienone is 2. The Labute approximate surface area is 286 Å². The molecule has 1 aromatic heterocycles. The molecule has 4 nitrogen and oxygen atoms in total. The van der Waals surface area contributed by atoms with Crippen molar-refractivity contribution in [3.05, 3.63) is 186 Å². The maximum absolute atomic E-state index is 3.93. The number of fused-ring (bicyclic) bond motifs is 7. The predicted octanol–water partition coefficient (Wildman–Crippen LogP) is 10.1. The summed E-state index contributed by atoms with van der Waals surface area (Å²) in [6.07, 6.45) is 4.47. The van der Waals surface area contributed by atoms with Crippen LogP contribution < -0.4 is 15.5 Å². The van der Waals surface area contributed by atoms with Gasteiger partial charge in [-0.2, -0.15) is 0 Å². The summed E-state index contributed by atoms with van der Waals surface area (Å²) in [6.45, 7) is 4.69. The minimum absolute atomic E-state index is 0.0108. The molecule has 0 amide bonds. The molecular weight excluding hydrogens is 597 g/mol. The van der Waals surface area contributed by atoms with Gasteiger partial charge >= 0.3 is 0 Å². The van der Waals surface area contributed by atoms with Gasteiger partial charge in [0.15, 0.2) is 0 Å². The molecule has 2 aliphatic heterocycles. The van der Waals surface area contributed by atoms with Crippen LogP contribution in [0.25, 0.3) is 44.2 Å². The lowest BCUT2D eigenvalue weighted by Gasteiger charge is -2.32. The van der Waals surface area contributed by atoms with Gasteiger partial charge in [0, 0.05) is 33.8 Å².